The number of carbonyl (C=O) groups excluding carboxylic acids is 1. The van der Waals surface area contributed by atoms with Crippen LogP contribution in [0.15, 0.2) is 6.33 Å². The van der Waals surface area contributed by atoms with E-state index in [1.54, 1.807) is 0 Å². The van der Waals surface area contributed by atoms with Crippen LogP contribution in [0.3, 0.4) is 0 Å². The van der Waals surface area contributed by atoms with Crippen LogP contribution in [-0.2, 0) is 0 Å². The number of amides is 1. The summed E-state index contributed by atoms with van der Waals surface area (Å²) < 4.78 is 0. The summed E-state index contributed by atoms with van der Waals surface area (Å²) in [7, 11) is 0. The molecule has 7 heteroatoms. The van der Waals surface area contributed by atoms with E-state index in [-0.39, 0.29) is 11.7 Å². The molecule has 1 aliphatic rings. The highest BCUT2D eigenvalue weighted by molar-refractivity contribution is 7.99. The van der Waals surface area contributed by atoms with E-state index < -0.39 is 0 Å². The van der Waals surface area contributed by atoms with Crippen LogP contribution in [0.1, 0.15) is 10.6 Å². The van der Waals surface area contributed by atoms with Crippen LogP contribution in [0, 0.1) is 0 Å². The van der Waals surface area contributed by atoms with Crippen molar-refractivity contribution in [3.05, 3.63) is 12.2 Å². The molecule has 1 aromatic heterocycles. The normalized spacial score (nSPS) is 17.2. The lowest BCUT2D eigenvalue weighted by atomic mass is 10.4. The number of nitrogens with zero attached hydrogens (tertiary/aromatic N) is 3. The van der Waals surface area contributed by atoms with Crippen LogP contribution in [-0.4, -0.2) is 63.7 Å². The second-order valence-electron chi connectivity index (χ2n) is 3.54. The average Bonchev–Trinajstić information content (AvgIpc) is 2.84. The molecule has 0 aromatic carbocycles. The number of hydrogen-bond acceptors (Lipinski definition) is 5. The summed E-state index contributed by atoms with van der Waals surface area (Å²) >= 11 is 1.98. The summed E-state index contributed by atoms with van der Waals surface area (Å²) in [5.74, 6) is 2.46. The third-order valence-corrected chi connectivity index (χ3v) is 3.39. The Kier molecular flexibility index (Phi) is 4.17. The number of hydrogen-bond donors (Lipinski definition) is 2. The van der Waals surface area contributed by atoms with Crippen molar-refractivity contribution in [2.75, 3.05) is 37.7 Å². The van der Waals surface area contributed by atoms with Crippen LogP contribution in [0.4, 0.5) is 0 Å². The second kappa shape index (κ2) is 5.86. The Labute approximate surface area is 98.2 Å². The van der Waals surface area contributed by atoms with Crippen molar-refractivity contribution in [2.24, 2.45) is 0 Å². The zero-order valence-corrected chi connectivity index (χ0v) is 9.79. The molecule has 16 heavy (non-hydrogen) atoms. The molecular formula is C9H15N5OS. The Morgan fingerprint density at radius 2 is 2.38 bits per heavy atom. The molecule has 2 rings (SSSR count). The highest BCUT2D eigenvalue weighted by atomic mass is 32.2. The zero-order chi connectivity index (χ0) is 11.2. The van der Waals surface area contributed by atoms with Gasteiger partial charge in [0.2, 0.25) is 5.82 Å². The molecule has 88 valence electrons. The first kappa shape index (κ1) is 11.4. The van der Waals surface area contributed by atoms with Crippen LogP contribution in [0.5, 0.6) is 0 Å². The Morgan fingerprint density at radius 3 is 3.06 bits per heavy atom. The van der Waals surface area contributed by atoms with Gasteiger partial charge in [0.1, 0.15) is 6.33 Å². The molecule has 2 N–H and O–H groups in total. The molecule has 0 radical (unpaired) electrons. The van der Waals surface area contributed by atoms with E-state index in [4.69, 9.17) is 0 Å². The molecule has 6 nitrogen and oxygen atoms in total. The van der Waals surface area contributed by atoms with Crippen molar-refractivity contribution in [1.29, 1.82) is 0 Å². The summed E-state index contributed by atoms with van der Waals surface area (Å²) in [5.41, 5.74) is 0. The zero-order valence-electron chi connectivity index (χ0n) is 8.98. The molecule has 0 unspecified atom stereocenters. The van der Waals surface area contributed by atoms with Crippen molar-refractivity contribution in [3.63, 3.8) is 0 Å². The molecule has 2 heterocycles. The predicted octanol–water partition coefficient (Wildman–Crippen LogP) is -0.417. The minimum atomic E-state index is -0.191. The summed E-state index contributed by atoms with van der Waals surface area (Å²) in [5, 5.41) is 8.98. The first-order valence-electron chi connectivity index (χ1n) is 5.30. The number of thioether (sulfide) groups is 1. The van der Waals surface area contributed by atoms with E-state index in [1.807, 2.05) is 11.8 Å². The maximum absolute atomic E-state index is 11.5. The minimum Gasteiger partial charge on any atom is -0.348 e. The highest BCUT2D eigenvalue weighted by Gasteiger charge is 2.11. The molecule has 1 amide bonds. The quantitative estimate of drug-likeness (QED) is 0.749. The van der Waals surface area contributed by atoms with E-state index in [0.717, 1.165) is 19.6 Å². The van der Waals surface area contributed by atoms with E-state index in [1.165, 1.54) is 17.8 Å². The van der Waals surface area contributed by atoms with Crippen molar-refractivity contribution in [1.82, 2.24) is 25.4 Å². The monoisotopic (exact) mass is 241 g/mol. The standard InChI is InChI=1S/C9H15N5OS/c15-9(8-11-7-12-13-8)10-1-2-14-3-5-16-6-4-14/h7H,1-6H2,(H,10,15)(H,11,12,13). The second-order valence-corrected chi connectivity index (χ2v) is 4.77. The van der Waals surface area contributed by atoms with Gasteiger partial charge in [0.15, 0.2) is 0 Å². The van der Waals surface area contributed by atoms with Gasteiger partial charge in [0.25, 0.3) is 5.91 Å². The van der Waals surface area contributed by atoms with Gasteiger partial charge >= 0.3 is 0 Å². The predicted molar refractivity (Wildman–Crippen MR) is 62.5 cm³/mol. The number of carbonyl (C=O) groups is 1. The molecule has 0 spiro atoms. The van der Waals surface area contributed by atoms with Crippen molar-refractivity contribution in [3.8, 4) is 0 Å². The van der Waals surface area contributed by atoms with E-state index in [9.17, 15) is 4.79 Å². The maximum atomic E-state index is 11.5. The van der Waals surface area contributed by atoms with Gasteiger partial charge in [-0.3, -0.25) is 14.8 Å². The molecule has 1 aromatic rings. The topological polar surface area (TPSA) is 73.9 Å². The third-order valence-electron chi connectivity index (χ3n) is 2.45. The molecule has 1 saturated heterocycles. The van der Waals surface area contributed by atoms with Gasteiger partial charge in [0, 0.05) is 37.7 Å². The fourth-order valence-electron chi connectivity index (χ4n) is 1.55. The summed E-state index contributed by atoms with van der Waals surface area (Å²) in [6.45, 7) is 3.79. The van der Waals surface area contributed by atoms with Crippen molar-refractivity contribution < 1.29 is 4.79 Å². The number of aromatic nitrogens is 3. The smallest absolute Gasteiger partial charge is 0.288 e. The van der Waals surface area contributed by atoms with Gasteiger partial charge in [-0.1, -0.05) is 0 Å². The van der Waals surface area contributed by atoms with Crippen molar-refractivity contribution in [2.45, 2.75) is 0 Å². The maximum Gasteiger partial charge on any atom is 0.288 e. The molecule has 0 bridgehead atoms. The van der Waals surface area contributed by atoms with Gasteiger partial charge in [0.05, 0.1) is 0 Å². The Hall–Kier alpha value is -1.08. The van der Waals surface area contributed by atoms with E-state index >= 15 is 0 Å². The number of H-pyrrole nitrogens is 1. The molecule has 1 fully saturated rings. The lowest BCUT2D eigenvalue weighted by Gasteiger charge is -2.25. The first-order chi connectivity index (χ1) is 7.86. The summed E-state index contributed by atoms with van der Waals surface area (Å²) in [6.07, 6.45) is 1.33. The largest absolute Gasteiger partial charge is 0.348 e. The van der Waals surface area contributed by atoms with Crippen molar-refractivity contribution >= 4 is 17.7 Å². The Balaban J connectivity index is 1.66. The van der Waals surface area contributed by atoms with Crippen LogP contribution >= 0.6 is 11.8 Å². The SMILES string of the molecule is O=C(NCCN1CCSCC1)c1ncn[nH]1. The molecule has 1 aliphatic heterocycles. The molecule has 0 saturated carbocycles. The van der Waals surface area contributed by atoms with Gasteiger partial charge < -0.3 is 5.32 Å². The van der Waals surface area contributed by atoms with E-state index in [2.05, 4.69) is 25.4 Å². The summed E-state index contributed by atoms with van der Waals surface area (Å²) in [4.78, 5) is 17.6. The Bertz CT molecular complexity index is 323. The van der Waals surface area contributed by atoms with Crippen LogP contribution in [0.25, 0.3) is 0 Å². The highest BCUT2D eigenvalue weighted by Crippen LogP contribution is 2.07. The fourth-order valence-corrected chi connectivity index (χ4v) is 2.53. The number of nitrogens with one attached hydrogen (secondary N) is 2. The summed E-state index contributed by atoms with van der Waals surface area (Å²) in [6, 6.07) is 0. The Morgan fingerprint density at radius 1 is 1.56 bits per heavy atom. The lowest BCUT2D eigenvalue weighted by molar-refractivity contribution is 0.0939. The van der Waals surface area contributed by atoms with Gasteiger partial charge in [-0.25, -0.2) is 4.98 Å². The lowest BCUT2D eigenvalue weighted by Crippen LogP contribution is -2.39. The van der Waals surface area contributed by atoms with Gasteiger partial charge in [-0.05, 0) is 0 Å². The third kappa shape index (κ3) is 3.21. The van der Waals surface area contributed by atoms with E-state index in [0.29, 0.717) is 6.54 Å². The molecule has 0 aliphatic carbocycles. The molecular weight excluding hydrogens is 226 g/mol. The average molecular weight is 241 g/mol. The van der Waals surface area contributed by atoms with Gasteiger partial charge in [-0.2, -0.15) is 16.9 Å². The minimum absolute atomic E-state index is 0.191. The first-order valence-corrected chi connectivity index (χ1v) is 6.45. The molecule has 0 atom stereocenters. The van der Waals surface area contributed by atoms with Crippen LogP contribution in [0.2, 0.25) is 0 Å². The number of aromatic amines is 1. The van der Waals surface area contributed by atoms with Gasteiger partial charge in [-0.15, -0.1) is 0 Å². The number of rotatable bonds is 4. The van der Waals surface area contributed by atoms with Crippen LogP contribution < -0.4 is 5.32 Å². The fraction of sp³-hybridized carbons (Fsp3) is 0.667.